The molecule has 1 amide bonds. The van der Waals surface area contributed by atoms with Gasteiger partial charge in [0.1, 0.15) is 28.9 Å². The van der Waals surface area contributed by atoms with E-state index in [1.807, 2.05) is 12.1 Å². The van der Waals surface area contributed by atoms with Crippen LogP contribution < -0.4 is 10.1 Å². The average Bonchev–Trinajstić information content (AvgIpc) is 3.14. The fourth-order valence-electron chi connectivity index (χ4n) is 2.60. The minimum absolute atomic E-state index is 0.0447. The summed E-state index contributed by atoms with van der Waals surface area (Å²) in [4.78, 5) is 12.3. The maximum Gasteiger partial charge on any atom is 0.266 e. The number of halogens is 1. The molecule has 1 fully saturated rings. The van der Waals surface area contributed by atoms with Gasteiger partial charge in [-0.1, -0.05) is 18.5 Å². The van der Waals surface area contributed by atoms with Crippen molar-refractivity contribution in [3.63, 3.8) is 0 Å². The minimum atomic E-state index is -0.526. The van der Waals surface area contributed by atoms with E-state index >= 15 is 0 Å². The van der Waals surface area contributed by atoms with Crippen LogP contribution in [0.5, 0.6) is 5.75 Å². The van der Waals surface area contributed by atoms with Gasteiger partial charge >= 0.3 is 0 Å². The third kappa shape index (κ3) is 3.86. The highest BCUT2D eigenvalue weighted by Crippen LogP contribution is 2.47. The van der Waals surface area contributed by atoms with Gasteiger partial charge in [-0.15, -0.1) is 0 Å². The molecule has 1 saturated carbocycles. The van der Waals surface area contributed by atoms with Gasteiger partial charge in [0.25, 0.3) is 5.91 Å². The fraction of sp³-hybridized carbons (Fsp3) is 0.263. The number of methoxy groups -OCH3 is 1. The summed E-state index contributed by atoms with van der Waals surface area (Å²) >= 11 is 6.04. The van der Waals surface area contributed by atoms with Crippen molar-refractivity contribution in [1.82, 2.24) is 0 Å². The summed E-state index contributed by atoms with van der Waals surface area (Å²) in [6.45, 7) is 2.16. The van der Waals surface area contributed by atoms with Crippen LogP contribution in [-0.4, -0.2) is 13.0 Å². The highest BCUT2D eigenvalue weighted by Gasteiger charge is 2.36. The number of nitrogens with zero attached hydrogens (tertiary/aromatic N) is 1. The molecule has 1 heterocycles. The van der Waals surface area contributed by atoms with Gasteiger partial charge in [0.15, 0.2) is 0 Å². The molecule has 0 saturated heterocycles. The lowest BCUT2D eigenvalue weighted by molar-refractivity contribution is -0.112. The number of amides is 1. The molecular formula is C19H17ClN2O3. The molecule has 2 atom stereocenters. The summed E-state index contributed by atoms with van der Waals surface area (Å²) in [7, 11) is 1.51. The maximum atomic E-state index is 12.3. The zero-order valence-corrected chi connectivity index (χ0v) is 14.6. The van der Waals surface area contributed by atoms with E-state index in [0.29, 0.717) is 34.1 Å². The van der Waals surface area contributed by atoms with Gasteiger partial charge < -0.3 is 14.5 Å². The van der Waals surface area contributed by atoms with Crippen LogP contribution in [0.25, 0.3) is 6.08 Å². The number of ether oxygens (including phenoxy) is 1. The Morgan fingerprint density at radius 3 is 2.80 bits per heavy atom. The largest absolute Gasteiger partial charge is 0.495 e. The van der Waals surface area contributed by atoms with Crippen molar-refractivity contribution < 1.29 is 13.9 Å². The zero-order chi connectivity index (χ0) is 18.0. The Hall–Kier alpha value is -2.71. The number of furan rings is 1. The highest BCUT2D eigenvalue weighted by atomic mass is 35.5. The highest BCUT2D eigenvalue weighted by molar-refractivity contribution is 6.32. The molecule has 25 heavy (non-hydrogen) atoms. The number of carbonyl (C=O) groups is 1. The molecule has 3 rings (SSSR count). The topological polar surface area (TPSA) is 75.3 Å². The van der Waals surface area contributed by atoms with Crippen LogP contribution in [-0.2, 0) is 4.79 Å². The van der Waals surface area contributed by atoms with Crippen molar-refractivity contribution in [1.29, 1.82) is 5.26 Å². The Balaban J connectivity index is 1.74. The van der Waals surface area contributed by atoms with Gasteiger partial charge in [-0.05, 0) is 42.7 Å². The van der Waals surface area contributed by atoms with E-state index in [9.17, 15) is 10.1 Å². The van der Waals surface area contributed by atoms with Crippen molar-refractivity contribution >= 4 is 29.3 Å². The second-order valence-electron chi connectivity index (χ2n) is 6.03. The lowest BCUT2D eigenvalue weighted by atomic mass is 10.2. The van der Waals surface area contributed by atoms with Crippen molar-refractivity contribution in [2.45, 2.75) is 19.3 Å². The summed E-state index contributed by atoms with van der Waals surface area (Å²) in [5.74, 6) is 2.45. The second kappa shape index (κ2) is 7.04. The van der Waals surface area contributed by atoms with Crippen LogP contribution in [0.15, 0.2) is 40.3 Å². The van der Waals surface area contributed by atoms with Crippen LogP contribution in [0.2, 0.25) is 5.02 Å². The van der Waals surface area contributed by atoms with Gasteiger partial charge in [0.2, 0.25) is 0 Å². The molecule has 1 aromatic heterocycles. The smallest absolute Gasteiger partial charge is 0.266 e. The van der Waals surface area contributed by atoms with E-state index in [2.05, 4.69) is 12.2 Å². The van der Waals surface area contributed by atoms with Gasteiger partial charge in [-0.25, -0.2) is 0 Å². The molecule has 6 heteroatoms. The lowest BCUT2D eigenvalue weighted by Crippen LogP contribution is -2.13. The Labute approximate surface area is 150 Å². The standard InChI is InChI=1S/C19H17ClN2O3/c1-11-7-15(11)17-6-4-14(25-17)8-12(10-21)19(23)22-13-3-5-18(24-2)16(20)9-13/h3-6,8-9,11,15H,7H2,1-2H3,(H,22,23)/b12-8+/t11-,15-/m0/s1. The van der Waals surface area contributed by atoms with Crippen LogP contribution in [0.3, 0.4) is 0 Å². The third-order valence-electron chi connectivity index (χ3n) is 4.18. The fourth-order valence-corrected chi connectivity index (χ4v) is 2.85. The number of hydrogen-bond acceptors (Lipinski definition) is 4. The summed E-state index contributed by atoms with van der Waals surface area (Å²) < 4.78 is 10.8. The average molecular weight is 357 g/mol. The molecule has 0 spiro atoms. The van der Waals surface area contributed by atoms with Crippen molar-refractivity contribution in [3.05, 3.63) is 52.4 Å². The first-order chi connectivity index (χ1) is 12.0. The number of rotatable bonds is 5. The maximum absolute atomic E-state index is 12.3. The monoisotopic (exact) mass is 356 g/mol. The van der Waals surface area contributed by atoms with E-state index in [1.54, 1.807) is 24.3 Å². The normalized spacial score (nSPS) is 19.2. The molecule has 1 aromatic carbocycles. The third-order valence-corrected chi connectivity index (χ3v) is 4.48. The first-order valence-electron chi connectivity index (χ1n) is 7.88. The first-order valence-corrected chi connectivity index (χ1v) is 8.26. The molecule has 1 aliphatic rings. The lowest BCUT2D eigenvalue weighted by Gasteiger charge is -2.07. The zero-order valence-electron chi connectivity index (χ0n) is 13.9. The molecule has 1 N–H and O–H groups in total. The summed E-state index contributed by atoms with van der Waals surface area (Å²) in [5, 5.41) is 12.3. The van der Waals surface area contributed by atoms with Crippen LogP contribution >= 0.6 is 11.6 Å². The first kappa shape index (κ1) is 17.1. The SMILES string of the molecule is COc1ccc(NC(=O)/C(C#N)=C/c2ccc([C@H]3C[C@@H]3C)o2)cc1Cl. The number of carbonyl (C=O) groups excluding carboxylic acids is 1. The molecule has 1 aliphatic carbocycles. The van der Waals surface area contributed by atoms with E-state index in [0.717, 1.165) is 12.2 Å². The van der Waals surface area contributed by atoms with Crippen molar-refractivity contribution in [2.75, 3.05) is 12.4 Å². The Morgan fingerprint density at radius 1 is 1.44 bits per heavy atom. The van der Waals surface area contributed by atoms with Crippen molar-refractivity contribution in [2.24, 2.45) is 5.92 Å². The van der Waals surface area contributed by atoms with E-state index < -0.39 is 5.91 Å². The Morgan fingerprint density at radius 2 is 2.20 bits per heavy atom. The number of nitriles is 1. The van der Waals surface area contributed by atoms with Crippen molar-refractivity contribution in [3.8, 4) is 11.8 Å². The second-order valence-corrected chi connectivity index (χ2v) is 6.44. The van der Waals surface area contributed by atoms with E-state index in [4.69, 9.17) is 20.8 Å². The summed E-state index contributed by atoms with van der Waals surface area (Å²) in [6.07, 6.45) is 2.55. The summed E-state index contributed by atoms with van der Waals surface area (Å²) in [5.41, 5.74) is 0.431. The van der Waals surface area contributed by atoms with Gasteiger partial charge in [-0.3, -0.25) is 4.79 Å². The number of nitrogens with one attached hydrogen (secondary N) is 1. The number of hydrogen-bond donors (Lipinski definition) is 1. The molecule has 128 valence electrons. The van der Waals surface area contributed by atoms with Crippen LogP contribution in [0, 0.1) is 17.2 Å². The molecule has 0 aliphatic heterocycles. The predicted octanol–water partition coefficient (Wildman–Crippen LogP) is 4.61. The van der Waals surface area contributed by atoms with E-state index in [-0.39, 0.29) is 5.57 Å². The molecule has 0 radical (unpaired) electrons. The number of anilines is 1. The minimum Gasteiger partial charge on any atom is -0.495 e. The Bertz CT molecular complexity index is 879. The summed E-state index contributed by atoms with van der Waals surface area (Å²) in [6, 6.07) is 10.4. The molecule has 0 unspecified atom stereocenters. The Kier molecular flexibility index (Phi) is 4.82. The molecular weight excluding hydrogens is 340 g/mol. The van der Waals surface area contributed by atoms with Crippen LogP contribution in [0.1, 0.15) is 30.8 Å². The van der Waals surface area contributed by atoms with Gasteiger partial charge in [-0.2, -0.15) is 5.26 Å². The quantitative estimate of drug-likeness (QED) is 0.627. The molecule has 0 bridgehead atoms. The molecule has 2 aromatic rings. The van der Waals surface area contributed by atoms with E-state index in [1.165, 1.54) is 13.2 Å². The predicted molar refractivity (Wildman–Crippen MR) is 95.5 cm³/mol. The van der Waals surface area contributed by atoms with Gasteiger partial charge in [0, 0.05) is 17.7 Å². The van der Waals surface area contributed by atoms with Gasteiger partial charge in [0.05, 0.1) is 12.1 Å². The van der Waals surface area contributed by atoms with Crippen LogP contribution in [0.4, 0.5) is 5.69 Å². The number of benzene rings is 1. The molecule has 5 nitrogen and oxygen atoms in total.